The van der Waals surface area contributed by atoms with Gasteiger partial charge in [-0.2, -0.15) is 0 Å². The van der Waals surface area contributed by atoms with E-state index in [-0.39, 0.29) is 5.41 Å². The van der Waals surface area contributed by atoms with Crippen molar-refractivity contribution in [1.82, 2.24) is 0 Å². The van der Waals surface area contributed by atoms with Crippen molar-refractivity contribution in [3.8, 4) is 11.1 Å². The fraction of sp³-hybridized carbons (Fsp3) is 0.0732. The Hall–Kier alpha value is -5.34. The normalized spacial score (nSPS) is 12.1. The van der Waals surface area contributed by atoms with Gasteiger partial charge in [-0.3, -0.25) is 0 Å². The zero-order chi connectivity index (χ0) is 29.6. The molecule has 0 aliphatic heterocycles. The van der Waals surface area contributed by atoms with E-state index in [1.54, 1.807) is 0 Å². The maximum Gasteiger partial charge on any atom is 0.159 e. The Morgan fingerprint density at radius 3 is 1.79 bits per heavy atom. The minimum absolute atomic E-state index is 0.182. The SMILES string of the molecule is C=C(N=C(N=Cc1ccccc1)c1ccc(C(C)(C)c2ccc(-c3ccc4ccccc4c3)cc2)cc1)c1ccccc1. The van der Waals surface area contributed by atoms with Crippen molar-refractivity contribution < 1.29 is 0 Å². The van der Waals surface area contributed by atoms with Crippen molar-refractivity contribution in [2.45, 2.75) is 19.3 Å². The van der Waals surface area contributed by atoms with Gasteiger partial charge in [-0.05, 0) is 50.2 Å². The smallest absolute Gasteiger partial charge is 0.159 e. The lowest BCUT2D eigenvalue weighted by Crippen LogP contribution is -2.19. The molecule has 0 heterocycles. The molecule has 0 aromatic heterocycles. The van der Waals surface area contributed by atoms with Crippen LogP contribution in [0.5, 0.6) is 0 Å². The Morgan fingerprint density at radius 2 is 1.12 bits per heavy atom. The number of hydrogen-bond donors (Lipinski definition) is 0. The molecule has 2 nitrogen and oxygen atoms in total. The first-order valence-corrected chi connectivity index (χ1v) is 14.6. The van der Waals surface area contributed by atoms with Crippen LogP contribution in [0.15, 0.2) is 168 Å². The zero-order valence-electron chi connectivity index (χ0n) is 24.6. The van der Waals surface area contributed by atoms with Gasteiger partial charge in [-0.25, -0.2) is 9.98 Å². The van der Waals surface area contributed by atoms with Gasteiger partial charge in [0, 0.05) is 17.2 Å². The molecule has 0 saturated heterocycles. The van der Waals surface area contributed by atoms with E-state index < -0.39 is 0 Å². The Kier molecular flexibility index (Phi) is 7.93. The van der Waals surface area contributed by atoms with Gasteiger partial charge < -0.3 is 0 Å². The minimum Gasteiger partial charge on any atom is -0.236 e. The van der Waals surface area contributed by atoms with Crippen LogP contribution in [0.2, 0.25) is 0 Å². The molecule has 0 atom stereocenters. The first-order valence-electron chi connectivity index (χ1n) is 14.6. The number of fused-ring (bicyclic) bond motifs is 1. The molecule has 208 valence electrons. The van der Waals surface area contributed by atoms with Crippen molar-refractivity contribution in [3.63, 3.8) is 0 Å². The molecule has 0 N–H and O–H groups in total. The Morgan fingerprint density at radius 1 is 0.558 bits per heavy atom. The quantitative estimate of drug-likeness (QED) is 0.139. The molecule has 0 aliphatic carbocycles. The first-order chi connectivity index (χ1) is 21.0. The summed E-state index contributed by atoms with van der Waals surface area (Å²) in [7, 11) is 0. The van der Waals surface area contributed by atoms with Crippen molar-refractivity contribution in [1.29, 1.82) is 0 Å². The van der Waals surface area contributed by atoms with Crippen LogP contribution in [0.4, 0.5) is 0 Å². The summed E-state index contributed by atoms with van der Waals surface area (Å²) in [6.45, 7) is 8.77. The second kappa shape index (κ2) is 12.3. The molecule has 43 heavy (non-hydrogen) atoms. The zero-order valence-corrected chi connectivity index (χ0v) is 24.6. The first kappa shape index (κ1) is 27.8. The highest BCUT2D eigenvalue weighted by Gasteiger charge is 2.23. The van der Waals surface area contributed by atoms with Crippen molar-refractivity contribution in [3.05, 3.63) is 186 Å². The van der Waals surface area contributed by atoms with Gasteiger partial charge in [0.05, 0.1) is 5.70 Å². The van der Waals surface area contributed by atoms with E-state index in [0.29, 0.717) is 11.5 Å². The molecule has 6 aromatic carbocycles. The molecule has 0 bridgehead atoms. The van der Waals surface area contributed by atoms with Crippen LogP contribution in [0.25, 0.3) is 27.6 Å². The fourth-order valence-corrected chi connectivity index (χ4v) is 5.32. The van der Waals surface area contributed by atoms with E-state index in [4.69, 9.17) is 9.98 Å². The standard InChI is InChI=1S/C41H34N2/c1-30(32-14-8-5-9-15-32)43-40(42-29-31-12-6-4-7-13-31)35-22-26-39(27-23-35)41(2,3)38-24-20-34(21-25-38)37-19-18-33-16-10-11-17-36(33)28-37/h4-29H,1H2,2-3H3. The van der Waals surface area contributed by atoms with Crippen molar-refractivity contribution in [2.24, 2.45) is 9.98 Å². The van der Waals surface area contributed by atoms with Gasteiger partial charge in [0.25, 0.3) is 0 Å². The second-order valence-electron chi connectivity index (χ2n) is 11.3. The number of hydrogen-bond acceptors (Lipinski definition) is 1. The average molecular weight is 555 g/mol. The number of benzene rings is 6. The predicted octanol–water partition coefficient (Wildman–Crippen LogP) is 10.4. The summed E-state index contributed by atoms with van der Waals surface area (Å²) in [6.07, 6.45) is 1.85. The van der Waals surface area contributed by atoms with Crippen molar-refractivity contribution >= 4 is 28.5 Å². The third-order valence-corrected chi connectivity index (χ3v) is 8.04. The summed E-state index contributed by atoms with van der Waals surface area (Å²) in [5.41, 5.74) is 8.36. The maximum atomic E-state index is 4.86. The predicted molar refractivity (Wildman–Crippen MR) is 184 cm³/mol. The number of amidine groups is 1. The fourth-order valence-electron chi connectivity index (χ4n) is 5.32. The lowest BCUT2D eigenvalue weighted by Gasteiger charge is -2.26. The molecular formula is C41H34N2. The molecule has 0 fully saturated rings. The number of aliphatic imine (C=N–C) groups is 2. The van der Waals surface area contributed by atoms with E-state index in [1.807, 2.05) is 66.9 Å². The lowest BCUT2D eigenvalue weighted by atomic mass is 9.77. The van der Waals surface area contributed by atoms with Gasteiger partial charge in [-0.1, -0.05) is 166 Å². The topological polar surface area (TPSA) is 24.7 Å². The largest absolute Gasteiger partial charge is 0.236 e. The van der Waals surface area contributed by atoms with E-state index in [2.05, 4.69) is 111 Å². The summed E-state index contributed by atoms with van der Waals surface area (Å²) in [5.74, 6) is 0.627. The van der Waals surface area contributed by atoms with Gasteiger partial charge in [0.15, 0.2) is 5.84 Å². The molecule has 6 rings (SSSR count). The van der Waals surface area contributed by atoms with Gasteiger partial charge in [-0.15, -0.1) is 0 Å². The van der Waals surface area contributed by atoms with E-state index in [1.165, 1.54) is 33.0 Å². The maximum absolute atomic E-state index is 4.86. The highest BCUT2D eigenvalue weighted by molar-refractivity contribution is 6.07. The minimum atomic E-state index is -0.182. The molecule has 0 spiro atoms. The molecule has 0 radical (unpaired) electrons. The average Bonchev–Trinajstić information content (AvgIpc) is 3.07. The van der Waals surface area contributed by atoms with Crippen LogP contribution in [-0.2, 0) is 5.41 Å². The van der Waals surface area contributed by atoms with Crippen LogP contribution in [0.3, 0.4) is 0 Å². The number of nitrogens with zero attached hydrogens (tertiary/aromatic N) is 2. The van der Waals surface area contributed by atoms with Crippen LogP contribution in [0, 0.1) is 0 Å². The Balaban J connectivity index is 1.27. The third kappa shape index (κ3) is 6.29. The van der Waals surface area contributed by atoms with Crippen molar-refractivity contribution in [2.75, 3.05) is 0 Å². The Labute approximate surface area is 254 Å². The van der Waals surface area contributed by atoms with Gasteiger partial charge >= 0.3 is 0 Å². The number of rotatable bonds is 7. The third-order valence-electron chi connectivity index (χ3n) is 8.04. The highest BCUT2D eigenvalue weighted by atomic mass is 14.9. The summed E-state index contributed by atoms with van der Waals surface area (Å²) in [6, 6.07) is 52.8. The molecule has 0 aliphatic rings. The van der Waals surface area contributed by atoms with Gasteiger partial charge in [0.1, 0.15) is 0 Å². The van der Waals surface area contributed by atoms with Crippen LogP contribution in [-0.4, -0.2) is 12.1 Å². The summed E-state index contributed by atoms with van der Waals surface area (Å²) in [5, 5.41) is 2.52. The van der Waals surface area contributed by atoms with E-state index >= 15 is 0 Å². The molecule has 0 amide bonds. The summed E-state index contributed by atoms with van der Waals surface area (Å²) in [4.78, 5) is 9.67. The monoisotopic (exact) mass is 554 g/mol. The Bertz CT molecular complexity index is 1910. The molecule has 6 aromatic rings. The molecule has 2 heteroatoms. The van der Waals surface area contributed by atoms with Crippen LogP contribution in [0.1, 0.15) is 41.7 Å². The van der Waals surface area contributed by atoms with Crippen LogP contribution < -0.4 is 0 Å². The molecule has 0 unspecified atom stereocenters. The second-order valence-corrected chi connectivity index (χ2v) is 11.3. The van der Waals surface area contributed by atoms with E-state index in [9.17, 15) is 0 Å². The lowest BCUT2D eigenvalue weighted by molar-refractivity contribution is 0.641. The van der Waals surface area contributed by atoms with Gasteiger partial charge in [0.2, 0.25) is 0 Å². The molecule has 0 saturated carbocycles. The van der Waals surface area contributed by atoms with Crippen LogP contribution >= 0.6 is 0 Å². The van der Waals surface area contributed by atoms with E-state index in [0.717, 1.165) is 16.7 Å². The summed E-state index contributed by atoms with van der Waals surface area (Å²) < 4.78 is 0. The summed E-state index contributed by atoms with van der Waals surface area (Å²) >= 11 is 0. The highest BCUT2D eigenvalue weighted by Crippen LogP contribution is 2.34. The molecular weight excluding hydrogens is 520 g/mol.